The van der Waals surface area contributed by atoms with E-state index in [9.17, 15) is 14.4 Å². The molecule has 0 aromatic heterocycles. The number of fused-ring (bicyclic) bond motifs is 7. The smallest absolute Gasteiger partial charge is 0.302 e. The van der Waals surface area contributed by atoms with Crippen LogP contribution in [0.2, 0.25) is 0 Å². The van der Waals surface area contributed by atoms with Crippen LogP contribution in [0.25, 0.3) is 0 Å². The zero-order valence-corrected chi connectivity index (χ0v) is 28.6. The third-order valence-electron chi connectivity index (χ3n) is 15.2. The van der Waals surface area contributed by atoms with E-state index in [2.05, 4.69) is 59.4 Å². The lowest BCUT2D eigenvalue weighted by atomic mass is 9.33. The Hall–Kier alpha value is -1.65. The van der Waals surface area contributed by atoms with Gasteiger partial charge in [-0.3, -0.25) is 14.4 Å². The van der Waals surface area contributed by atoms with Crippen molar-refractivity contribution in [3.05, 3.63) is 11.6 Å². The van der Waals surface area contributed by atoms with Crippen LogP contribution in [-0.4, -0.2) is 41.8 Å². The monoisotopic (exact) mass is 593 g/mol. The second-order valence-corrected chi connectivity index (χ2v) is 17.9. The first-order valence-corrected chi connectivity index (χ1v) is 17.7. The third kappa shape index (κ3) is 4.46. The third-order valence-corrected chi connectivity index (χ3v) is 15.2. The van der Waals surface area contributed by atoms with E-state index in [1.54, 1.807) is 0 Å². The van der Waals surface area contributed by atoms with Crippen molar-refractivity contribution in [1.82, 2.24) is 4.90 Å². The van der Waals surface area contributed by atoms with Crippen molar-refractivity contribution >= 4 is 17.7 Å². The first-order valence-electron chi connectivity index (χ1n) is 17.7. The van der Waals surface area contributed by atoms with E-state index in [-0.39, 0.29) is 56.4 Å². The van der Waals surface area contributed by atoms with Crippen molar-refractivity contribution < 1.29 is 19.1 Å². The van der Waals surface area contributed by atoms with E-state index in [1.807, 2.05) is 0 Å². The summed E-state index contributed by atoms with van der Waals surface area (Å²) >= 11 is 0. The van der Waals surface area contributed by atoms with Crippen LogP contribution in [0.3, 0.4) is 0 Å². The summed E-state index contributed by atoms with van der Waals surface area (Å²) in [6, 6.07) is 0. The Balaban J connectivity index is 1.36. The predicted octanol–water partition coefficient (Wildman–Crippen LogP) is 8.30. The summed E-state index contributed by atoms with van der Waals surface area (Å²) in [7, 11) is 0. The Bertz CT molecular complexity index is 1210. The van der Waals surface area contributed by atoms with Crippen LogP contribution in [0.1, 0.15) is 139 Å². The van der Waals surface area contributed by atoms with Crippen molar-refractivity contribution in [2.24, 2.45) is 50.2 Å². The maximum absolute atomic E-state index is 14.7. The van der Waals surface area contributed by atoms with Gasteiger partial charge in [0.1, 0.15) is 6.10 Å². The first-order chi connectivity index (χ1) is 20.0. The van der Waals surface area contributed by atoms with Gasteiger partial charge >= 0.3 is 5.97 Å². The van der Waals surface area contributed by atoms with Crippen LogP contribution < -0.4 is 0 Å². The minimum absolute atomic E-state index is 0.0249. The van der Waals surface area contributed by atoms with Crippen molar-refractivity contribution in [1.29, 1.82) is 0 Å². The molecule has 0 aromatic rings. The number of nitrogens with zero attached hydrogens (tertiary/aromatic N) is 1. The van der Waals surface area contributed by atoms with Gasteiger partial charge in [-0.2, -0.15) is 0 Å². The number of allylic oxidation sites excluding steroid dienone is 2. The average molecular weight is 594 g/mol. The van der Waals surface area contributed by atoms with Gasteiger partial charge < -0.3 is 9.64 Å². The molecule has 43 heavy (non-hydrogen) atoms. The van der Waals surface area contributed by atoms with Crippen molar-refractivity contribution in [3.8, 4) is 0 Å². The Labute approximate surface area is 261 Å². The van der Waals surface area contributed by atoms with Crippen LogP contribution in [0.15, 0.2) is 11.6 Å². The highest BCUT2D eigenvalue weighted by molar-refractivity contribution is 5.95. The van der Waals surface area contributed by atoms with Crippen LogP contribution in [0.4, 0.5) is 0 Å². The van der Waals surface area contributed by atoms with E-state index in [1.165, 1.54) is 31.8 Å². The molecule has 0 spiro atoms. The van der Waals surface area contributed by atoms with Crippen molar-refractivity contribution in [2.75, 3.05) is 13.1 Å². The van der Waals surface area contributed by atoms with E-state index in [4.69, 9.17) is 4.74 Å². The largest absolute Gasteiger partial charge is 0.462 e. The van der Waals surface area contributed by atoms with Crippen molar-refractivity contribution in [3.63, 3.8) is 0 Å². The Morgan fingerprint density at radius 3 is 2.14 bits per heavy atom. The van der Waals surface area contributed by atoms with Crippen molar-refractivity contribution in [2.45, 2.75) is 145 Å². The van der Waals surface area contributed by atoms with Crippen LogP contribution in [-0.2, 0) is 19.1 Å². The Kier molecular flexibility index (Phi) is 7.42. The number of likely N-dealkylation sites (tertiary alicyclic amines) is 1. The van der Waals surface area contributed by atoms with Crippen LogP contribution >= 0.6 is 0 Å². The molecule has 1 heterocycles. The maximum Gasteiger partial charge on any atom is 0.302 e. The fourth-order valence-corrected chi connectivity index (χ4v) is 12.4. The summed E-state index contributed by atoms with van der Waals surface area (Å²) in [5.74, 6) is 1.09. The second-order valence-electron chi connectivity index (χ2n) is 17.9. The summed E-state index contributed by atoms with van der Waals surface area (Å²) in [4.78, 5) is 43.0. The molecule has 5 aliphatic carbocycles. The van der Waals surface area contributed by atoms with Crippen LogP contribution in [0, 0.1) is 50.2 Å². The SMILES string of the molecule is CC(=O)O[C@H]1CC[C@]2(C)[C@H](CC[C@]3(C)[C@@H]2C(=O)C=C2[C@H]4C[C@@](C)(C(=O)N5CCCCCC5)CC[C@]4(C)CC[C@@]23C)C1(C)C. The summed E-state index contributed by atoms with van der Waals surface area (Å²) in [5.41, 5.74) is 0.720. The number of ether oxygens (including phenoxy) is 1. The highest BCUT2D eigenvalue weighted by atomic mass is 16.5. The molecule has 5 fully saturated rings. The van der Waals surface area contributed by atoms with E-state index in [0.29, 0.717) is 17.6 Å². The van der Waals surface area contributed by atoms with Gasteiger partial charge in [-0.05, 0) is 110 Å². The number of carbonyl (C=O) groups is 3. The van der Waals surface area contributed by atoms with E-state index >= 15 is 0 Å². The Morgan fingerprint density at radius 2 is 1.49 bits per heavy atom. The zero-order chi connectivity index (χ0) is 31.2. The highest BCUT2D eigenvalue weighted by Gasteiger charge is 2.70. The number of hydrogen-bond acceptors (Lipinski definition) is 4. The normalized spacial score (nSPS) is 47.6. The molecule has 1 amide bonds. The second kappa shape index (κ2) is 10.2. The van der Waals surface area contributed by atoms with Gasteiger partial charge in [0.25, 0.3) is 0 Å². The number of ketones is 1. The van der Waals surface area contributed by atoms with Gasteiger partial charge in [0.2, 0.25) is 5.91 Å². The molecule has 4 saturated carbocycles. The van der Waals surface area contributed by atoms with Crippen LogP contribution in [0.5, 0.6) is 0 Å². The molecular weight excluding hydrogens is 534 g/mol. The molecule has 240 valence electrons. The number of esters is 1. The van der Waals surface area contributed by atoms with Gasteiger partial charge in [0, 0.05) is 36.8 Å². The molecule has 1 saturated heterocycles. The minimum atomic E-state index is -0.350. The van der Waals surface area contributed by atoms with Gasteiger partial charge in [-0.25, -0.2) is 0 Å². The van der Waals surface area contributed by atoms with Gasteiger partial charge in [0.05, 0.1) is 0 Å². The van der Waals surface area contributed by atoms with E-state index < -0.39 is 0 Å². The van der Waals surface area contributed by atoms with Gasteiger partial charge in [0.15, 0.2) is 5.78 Å². The summed E-state index contributed by atoms with van der Waals surface area (Å²) in [6.07, 6.45) is 15.8. The summed E-state index contributed by atoms with van der Waals surface area (Å²) < 4.78 is 5.89. The number of rotatable bonds is 2. The molecule has 5 heteroatoms. The zero-order valence-electron chi connectivity index (χ0n) is 28.6. The Morgan fingerprint density at radius 1 is 0.837 bits per heavy atom. The molecular formula is C38H59NO4. The molecule has 0 N–H and O–H groups in total. The minimum Gasteiger partial charge on any atom is -0.462 e. The molecule has 1 aliphatic heterocycles. The van der Waals surface area contributed by atoms with E-state index in [0.717, 1.165) is 77.3 Å². The summed E-state index contributed by atoms with van der Waals surface area (Å²) in [5, 5.41) is 0. The fraction of sp³-hybridized carbons (Fsp3) is 0.868. The maximum atomic E-state index is 14.7. The molecule has 6 rings (SSSR count). The predicted molar refractivity (Wildman–Crippen MR) is 170 cm³/mol. The molecule has 6 aliphatic rings. The quantitative estimate of drug-likeness (QED) is 0.302. The molecule has 5 nitrogen and oxygen atoms in total. The van der Waals surface area contributed by atoms with Gasteiger partial charge in [-0.1, -0.05) is 66.9 Å². The number of amides is 1. The lowest BCUT2D eigenvalue weighted by molar-refractivity contribution is -0.210. The number of carbonyl (C=O) groups excluding carboxylic acids is 3. The first kappa shape index (κ1) is 31.3. The molecule has 0 bridgehead atoms. The fourth-order valence-electron chi connectivity index (χ4n) is 12.4. The lowest BCUT2D eigenvalue weighted by Gasteiger charge is -2.70. The highest BCUT2D eigenvalue weighted by Crippen LogP contribution is 2.75. The average Bonchev–Trinajstić information content (AvgIpc) is 3.21. The molecule has 0 aromatic carbocycles. The van der Waals surface area contributed by atoms with Gasteiger partial charge in [-0.15, -0.1) is 0 Å². The topological polar surface area (TPSA) is 63.7 Å². The number of hydrogen-bond donors (Lipinski definition) is 0. The summed E-state index contributed by atoms with van der Waals surface area (Å²) in [6.45, 7) is 20.0. The molecule has 0 unspecified atom stereocenters. The lowest BCUT2D eigenvalue weighted by Crippen LogP contribution is -2.66. The standard InChI is InChI=1S/C38H59NO4/c1-25(40)43-30-14-15-36(6)29(33(30,2)3)13-16-38(8)31(36)28(41)23-26-27-24-35(5,32(42)39-21-11-9-10-12-22-39)18-17-34(27,4)19-20-37(26,38)7/h23,27,29-31H,9-22,24H2,1-8H3/t27-,29-,30+,31-,34-,35+,36-,37+,38-/m1/s1. The molecule has 9 atom stereocenters. The molecule has 0 radical (unpaired) electrons.